The fraction of sp³-hybridized carbons (Fsp3) is 0.650. The van der Waals surface area contributed by atoms with E-state index in [-0.39, 0.29) is 12.1 Å². The van der Waals surface area contributed by atoms with Crippen molar-refractivity contribution in [2.75, 3.05) is 19.6 Å². The molecular formula is C20H31N3O2. The number of carbonyl (C=O) groups is 1. The average molecular weight is 345 g/mol. The van der Waals surface area contributed by atoms with Crippen LogP contribution < -0.4 is 10.6 Å². The Morgan fingerprint density at radius 2 is 1.88 bits per heavy atom. The first-order valence-electron chi connectivity index (χ1n) is 9.68. The van der Waals surface area contributed by atoms with Crippen molar-refractivity contribution in [2.45, 2.75) is 57.2 Å². The Morgan fingerprint density at radius 1 is 1.08 bits per heavy atom. The van der Waals surface area contributed by atoms with Gasteiger partial charge in [-0.05, 0) is 50.1 Å². The van der Waals surface area contributed by atoms with Crippen LogP contribution >= 0.6 is 0 Å². The van der Waals surface area contributed by atoms with Crippen LogP contribution in [-0.2, 0) is 6.54 Å². The maximum absolute atomic E-state index is 12.1. The molecule has 0 spiro atoms. The Morgan fingerprint density at radius 3 is 2.68 bits per heavy atom. The number of hydrogen-bond donors (Lipinski definition) is 3. The van der Waals surface area contributed by atoms with Gasteiger partial charge in [-0.3, -0.25) is 4.90 Å². The Labute approximate surface area is 150 Å². The fourth-order valence-electron chi connectivity index (χ4n) is 4.11. The minimum absolute atomic E-state index is 0.0772. The van der Waals surface area contributed by atoms with Gasteiger partial charge in [0.15, 0.2) is 0 Å². The molecule has 1 aliphatic heterocycles. The molecule has 1 aromatic carbocycles. The summed E-state index contributed by atoms with van der Waals surface area (Å²) in [6.45, 7) is 3.42. The highest BCUT2D eigenvalue weighted by Crippen LogP contribution is 2.23. The van der Waals surface area contributed by atoms with Crippen molar-refractivity contribution < 1.29 is 9.90 Å². The summed E-state index contributed by atoms with van der Waals surface area (Å²) in [6.07, 6.45) is 6.03. The lowest BCUT2D eigenvalue weighted by molar-refractivity contribution is 0.101. The number of amides is 2. The molecule has 0 aromatic heterocycles. The Kier molecular flexibility index (Phi) is 6.70. The van der Waals surface area contributed by atoms with Crippen LogP contribution in [0.4, 0.5) is 4.79 Å². The van der Waals surface area contributed by atoms with Gasteiger partial charge in [0.1, 0.15) is 0 Å². The van der Waals surface area contributed by atoms with Crippen molar-refractivity contribution in [2.24, 2.45) is 5.92 Å². The number of benzene rings is 1. The maximum atomic E-state index is 12.1. The summed E-state index contributed by atoms with van der Waals surface area (Å²) < 4.78 is 0. The van der Waals surface area contributed by atoms with Crippen LogP contribution in [0.5, 0.6) is 0 Å². The first-order chi connectivity index (χ1) is 12.2. The zero-order valence-corrected chi connectivity index (χ0v) is 15.0. The molecule has 3 atom stereocenters. The van der Waals surface area contributed by atoms with Crippen LogP contribution in [0.2, 0.25) is 0 Å². The molecule has 1 aliphatic carbocycles. The van der Waals surface area contributed by atoms with E-state index in [9.17, 15) is 9.90 Å². The molecule has 5 heteroatoms. The molecule has 1 saturated heterocycles. The number of urea groups is 1. The predicted octanol–water partition coefficient (Wildman–Crippen LogP) is 2.50. The van der Waals surface area contributed by atoms with Crippen molar-refractivity contribution in [3.05, 3.63) is 35.9 Å². The Balaban J connectivity index is 1.37. The first-order valence-corrected chi connectivity index (χ1v) is 9.68. The summed E-state index contributed by atoms with van der Waals surface area (Å²) >= 11 is 0. The molecule has 0 bridgehead atoms. The molecule has 2 aliphatic rings. The molecule has 138 valence electrons. The molecule has 1 aromatic rings. The summed E-state index contributed by atoms with van der Waals surface area (Å²) in [4.78, 5) is 14.6. The second-order valence-electron chi connectivity index (χ2n) is 7.53. The van der Waals surface area contributed by atoms with E-state index in [4.69, 9.17) is 0 Å². The van der Waals surface area contributed by atoms with Gasteiger partial charge in [0, 0.05) is 25.7 Å². The van der Waals surface area contributed by atoms with Crippen molar-refractivity contribution >= 4 is 6.03 Å². The van der Waals surface area contributed by atoms with Crippen molar-refractivity contribution in [1.82, 2.24) is 15.5 Å². The standard InChI is InChI=1S/C20H31N3O2/c24-19-10-4-8-17(12-19)13-21-20(25)22-14-18-9-5-11-23(18)15-16-6-2-1-3-7-16/h1-3,6-7,17-19,24H,4-5,8-15H2,(H2,21,22,25). The zero-order valence-electron chi connectivity index (χ0n) is 15.0. The molecule has 2 amide bonds. The molecule has 3 unspecified atom stereocenters. The second-order valence-corrected chi connectivity index (χ2v) is 7.53. The van der Waals surface area contributed by atoms with Crippen LogP contribution in [0.15, 0.2) is 30.3 Å². The normalized spacial score (nSPS) is 27.2. The van der Waals surface area contributed by atoms with E-state index in [0.29, 0.717) is 25.0 Å². The summed E-state index contributed by atoms with van der Waals surface area (Å²) in [5.74, 6) is 0.413. The van der Waals surface area contributed by atoms with Gasteiger partial charge in [-0.1, -0.05) is 36.8 Å². The van der Waals surface area contributed by atoms with E-state index in [1.165, 1.54) is 12.0 Å². The van der Waals surface area contributed by atoms with E-state index in [0.717, 1.165) is 45.2 Å². The highest BCUT2D eigenvalue weighted by Gasteiger charge is 2.25. The highest BCUT2D eigenvalue weighted by atomic mass is 16.3. The number of aliphatic hydroxyl groups is 1. The van der Waals surface area contributed by atoms with Gasteiger partial charge in [0.05, 0.1) is 6.10 Å². The number of hydrogen-bond acceptors (Lipinski definition) is 3. The second kappa shape index (κ2) is 9.20. The molecule has 3 N–H and O–H groups in total. The van der Waals surface area contributed by atoms with Crippen LogP contribution in [0, 0.1) is 5.92 Å². The lowest BCUT2D eigenvalue weighted by Crippen LogP contribution is -2.45. The lowest BCUT2D eigenvalue weighted by atomic mass is 9.87. The number of nitrogens with one attached hydrogen (secondary N) is 2. The summed E-state index contributed by atoms with van der Waals surface area (Å²) in [6, 6.07) is 10.9. The number of aliphatic hydroxyl groups excluding tert-OH is 1. The number of carbonyl (C=O) groups excluding carboxylic acids is 1. The topological polar surface area (TPSA) is 64.6 Å². The van der Waals surface area contributed by atoms with Crippen molar-refractivity contribution in [3.63, 3.8) is 0 Å². The molecule has 1 heterocycles. The third kappa shape index (κ3) is 5.72. The summed E-state index contributed by atoms with van der Waals surface area (Å²) in [5.41, 5.74) is 1.33. The highest BCUT2D eigenvalue weighted by molar-refractivity contribution is 5.73. The van der Waals surface area contributed by atoms with Crippen molar-refractivity contribution in [1.29, 1.82) is 0 Å². The predicted molar refractivity (Wildman–Crippen MR) is 99.2 cm³/mol. The van der Waals surface area contributed by atoms with Crippen LogP contribution in [0.25, 0.3) is 0 Å². The maximum Gasteiger partial charge on any atom is 0.314 e. The fourth-order valence-corrected chi connectivity index (χ4v) is 4.11. The van der Waals surface area contributed by atoms with E-state index in [1.807, 2.05) is 6.07 Å². The quantitative estimate of drug-likeness (QED) is 0.742. The molecule has 5 nitrogen and oxygen atoms in total. The van der Waals surface area contributed by atoms with Crippen LogP contribution in [-0.4, -0.2) is 47.8 Å². The molecule has 3 rings (SSSR count). The van der Waals surface area contributed by atoms with Gasteiger partial charge in [0.25, 0.3) is 0 Å². The van der Waals surface area contributed by atoms with Gasteiger partial charge < -0.3 is 15.7 Å². The summed E-state index contributed by atoms with van der Waals surface area (Å²) in [5, 5.41) is 15.7. The zero-order chi connectivity index (χ0) is 17.5. The number of rotatable bonds is 6. The largest absolute Gasteiger partial charge is 0.393 e. The third-order valence-corrected chi connectivity index (χ3v) is 5.53. The van der Waals surface area contributed by atoms with E-state index < -0.39 is 0 Å². The average Bonchev–Trinajstić information content (AvgIpc) is 3.06. The Hall–Kier alpha value is -1.59. The van der Waals surface area contributed by atoms with Gasteiger partial charge in [-0.15, -0.1) is 0 Å². The SMILES string of the molecule is O=C(NCC1CCCC(O)C1)NCC1CCCN1Cc1ccccc1. The number of nitrogens with zero attached hydrogens (tertiary/aromatic N) is 1. The smallest absolute Gasteiger partial charge is 0.314 e. The summed E-state index contributed by atoms with van der Waals surface area (Å²) in [7, 11) is 0. The van der Waals surface area contributed by atoms with E-state index in [1.54, 1.807) is 0 Å². The third-order valence-electron chi connectivity index (χ3n) is 5.53. The lowest BCUT2D eigenvalue weighted by Gasteiger charge is -2.27. The van der Waals surface area contributed by atoms with Gasteiger partial charge >= 0.3 is 6.03 Å². The molecule has 25 heavy (non-hydrogen) atoms. The monoisotopic (exact) mass is 345 g/mol. The Bertz CT molecular complexity index is 537. The van der Waals surface area contributed by atoms with Gasteiger partial charge in [-0.2, -0.15) is 0 Å². The molecular weight excluding hydrogens is 314 g/mol. The molecule has 1 saturated carbocycles. The first kappa shape index (κ1) is 18.2. The van der Waals surface area contributed by atoms with Gasteiger partial charge in [0.2, 0.25) is 0 Å². The number of likely N-dealkylation sites (tertiary alicyclic amines) is 1. The van der Waals surface area contributed by atoms with Crippen LogP contribution in [0.1, 0.15) is 44.1 Å². The van der Waals surface area contributed by atoms with Crippen molar-refractivity contribution in [3.8, 4) is 0 Å². The van der Waals surface area contributed by atoms with E-state index >= 15 is 0 Å². The van der Waals surface area contributed by atoms with Crippen LogP contribution in [0.3, 0.4) is 0 Å². The molecule has 2 fully saturated rings. The van der Waals surface area contributed by atoms with Gasteiger partial charge in [-0.25, -0.2) is 4.79 Å². The minimum atomic E-state index is -0.186. The minimum Gasteiger partial charge on any atom is -0.393 e. The van der Waals surface area contributed by atoms with E-state index in [2.05, 4.69) is 39.8 Å². The molecule has 0 radical (unpaired) electrons.